The molecule has 0 aliphatic rings. The molecule has 0 saturated carbocycles. The number of nitro groups is 1. The van der Waals surface area contributed by atoms with Gasteiger partial charge in [0.2, 0.25) is 5.82 Å². The van der Waals surface area contributed by atoms with Gasteiger partial charge in [-0.05, 0) is 51.0 Å². The Kier molecular flexibility index (Phi) is 5.89. The number of ether oxygens (including phenoxy) is 1. The molecule has 0 fully saturated rings. The number of aryl methyl sites for hydroxylation is 3. The van der Waals surface area contributed by atoms with Crippen LogP contribution in [0, 0.1) is 36.7 Å². The zero-order valence-electron chi connectivity index (χ0n) is 15.3. The van der Waals surface area contributed by atoms with E-state index < -0.39 is 34.4 Å². The van der Waals surface area contributed by atoms with Crippen molar-refractivity contribution in [1.29, 1.82) is 0 Å². The highest BCUT2D eigenvalue weighted by atomic mass is 19.1. The van der Waals surface area contributed by atoms with Crippen LogP contribution in [0.15, 0.2) is 30.3 Å². The summed E-state index contributed by atoms with van der Waals surface area (Å²) in [6.07, 6.45) is -1.15. The van der Waals surface area contributed by atoms with Crippen LogP contribution in [-0.2, 0) is 9.53 Å². The second kappa shape index (κ2) is 7.94. The first-order chi connectivity index (χ1) is 12.6. The minimum absolute atomic E-state index is 0.0266. The number of hydrogen-bond donors (Lipinski definition) is 1. The number of hydrogen-bond acceptors (Lipinski definition) is 5. The van der Waals surface area contributed by atoms with Gasteiger partial charge >= 0.3 is 11.7 Å². The summed E-state index contributed by atoms with van der Waals surface area (Å²) in [5, 5.41) is 13.1. The van der Waals surface area contributed by atoms with Gasteiger partial charge in [0.25, 0.3) is 5.91 Å². The minimum Gasteiger partial charge on any atom is -0.449 e. The molecular weight excluding hydrogens is 355 g/mol. The van der Waals surface area contributed by atoms with Crippen molar-refractivity contribution >= 4 is 23.3 Å². The number of nitrogens with one attached hydrogen (secondary N) is 1. The van der Waals surface area contributed by atoms with Gasteiger partial charge in [-0.3, -0.25) is 14.9 Å². The van der Waals surface area contributed by atoms with E-state index in [0.29, 0.717) is 5.56 Å². The Morgan fingerprint density at radius 3 is 2.30 bits per heavy atom. The fraction of sp³-hybridized carbons (Fsp3) is 0.263. The van der Waals surface area contributed by atoms with Gasteiger partial charge in [-0.2, -0.15) is 4.39 Å². The SMILES string of the molecule is Cc1cc(C)c(C(=O)OC(C)C(=O)Nc2ccc(F)c([N+](=O)[O-])c2)c(C)c1. The number of nitro benzene ring substituents is 1. The average Bonchev–Trinajstić information content (AvgIpc) is 2.55. The van der Waals surface area contributed by atoms with E-state index in [0.717, 1.165) is 28.8 Å². The summed E-state index contributed by atoms with van der Waals surface area (Å²) in [5.41, 5.74) is 2.13. The molecule has 0 bridgehead atoms. The fourth-order valence-electron chi connectivity index (χ4n) is 2.75. The lowest BCUT2D eigenvalue weighted by Crippen LogP contribution is -2.30. The van der Waals surface area contributed by atoms with Crippen LogP contribution < -0.4 is 5.32 Å². The molecule has 1 N–H and O–H groups in total. The molecule has 0 aliphatic heterocycles. The molecule has 1 unspecified atom stereocenters. The first kappa shape index (κ1) is 20.0. The predicted molar refractivity (Wildman–Crippen MR) is 97.2 cm³/mol. The molecule has 1 amide bonds. The first-order valence-electron chi connectivity index (χ1n) is 8.13. The Labute approximate surface area is 155 Å². The number of rotatable bonds is 5. The van der Waals surface area contributed by atoms with E-state index in [-0.39, 0.29) is 5.69 Å². The summed E-state index contributed by atoms with van der Waals surface area (Å²) in [4.78, 5) is 34.5. The van der Waals surface area contributed by atoms with E-state index >= 15 is 0 Å². The lowest BCUT2D eigenvalue weighted by atomic mass is 10.00. The number of nitrogens with zero attached hydrogens (tertiary/aromatic N) is 1. The maximum Gasteiger partial charge on any atom is 0.339 e. The van der Waals surface area contributed by atoms with Crippen LogP contribution in [0.3, 0.4) is 0 Å². The number of carbonyl (C=O) groups excluding carboxylic acids is 2. The Balaban J connectivity index is 2.11. The van der Waals surface area contributed by atoms with Gasteiger partial charge in [0.05, 0.1) is 10.5 Å². The van der Waals surface area contributed by atoms with Crippen molar-refractivity contribution in [3.05, 3.63) is 68.5 Å². The van der Waals surface area contributed by atoms with Gasteiger partial charge in [-0.1, -0.05) is 17.7 Å². The zero-order chi connectivity index (χ0) is 20.3. The van der Waals surface area contributed by atoms with Crippen LogP contribution in [-0.4, -0.2) is 22.9 Å². The molecule has 0 aliphatic carbocycles. The second-order valence-corrected chi connectivity index (χ2v) is 6.23. The molecule has 0 saturated heterocycles. The molecule has 2 aromatic rings. The molecule has 0 aromatic heterocycles. The normalized spacial score (nSPS) is 11.6. The Morgan fingerprint density at radius 2 is 1.74 bits per heavy atom. The van der Waals surface area contributed by atoms with Crippen LogP contribution in [0.5, 0.6) is 0 Å². The van der Waals surface area contributed by atoms with Gasteiger partial charge in [0, 0.05) is 11.8 Å². The summed E-state index contributed by atoms with van der Waals surface area (Å²) in [6, 6.07) is 6.64. The summed E-state index contributed by atoms with van der Waals surface area (Å²) in [6.45, 7) is 6.84. The maximum absolute atomic E-state index is 13.4. The van der Waals surface area contributed by atoms with Gasteiger partial charge in [0.15, 0.2) is 6.10 Å². The van der Waals surface area contributed by atoms with Crippen molar-refractivity contribution in [2.75, 3.05) is 5.32 Å². The van der Waals surface area contributed by atoms with E-state index in [1.165, 1.54) is 13.0 Å². The highest BCUT2D eigenvalue weighted by Crippen LogP contribution is 2.22. The summed E-state index contributed by atoms with van der Waals surface area (Å²) in [7, 11) is 0. The fourth-order valence-corrected chi connectivity index (χ4v) is 2.75. The highest BCUT2D eigenvalue weighted by molar-refractivity contribution is 5.98. The van der Waals surface area contributed by atoms with Crippen LogP contribution in [0.25, 0.3) is 0 Å². The van der Waals surface area contributed by atoms with Gasteiger partial charge < -0.3 is 10.1 Å². The molecule has 0 radical (unpaired) electrons. The van der Waals surface area contributed by atoms with Crippen LogP contribution >= 0.6 is 0 Å². The Hall–Kier alpha value is -3.29. The summed E-state index contributed by atoms with van der Waals surface area (Å²) in [5.74, 6) is -2.34. The molecule has 1 atom stereocenters. The van der Waals surface area contributed by atoms with E-state index in [2.05, 4.69) is 5.32 Å². The molecule has 142 valence electrons. The number of carbonyl (C=O) groups is 2. The topological polar surface area (TPSA) is 98.5 Å². The second-order valence-electron chi connectivity index (χ2n) is 6.23. The smallest absolute Gasteiger partial charge is 0.339 e. The Bertz CT molecular complexity index is 903. The summed E-state index contributed by atoms with van der Waals surface area (Å²) >= 11 is 0. The standard InChI is InChI=1S/C19H19FN2O5/c1-10-7-11(2)17(12(3)8-10)19(24)27-13(4)18(23)21-14-5-6-15(20)16(9-14)22(25)26/h5-9,13H,1-4H3,(H,21,23). The van der Waals surface area contributed by atoms with Crippen LogP contribution in [0.4, 0.5) is 15.8 Å². The van der Waals surface area contributed by atoms with Crippen molar-refractivity contribution < 1.29 is 23.6 Å². The average molecular weight is 374 g/mol. The van der Waals surface area contributed by atoms with Gasteiger partial charge in [-0.25, -0.2) is 4.79 Å². The lowest BCUT2D eigenvalue weighted by Gasteiger charge is -2.16. The van der Waals surface area contributed by atoms with Crippen LogP contribution in [0.1, 0.15) is 34.0 Å². The molecule has 8 heteroatoms. The monoisotopic (exact) mass is 374 g/mol. The molecule has 2 aromatic carbocycles. The van der Waals surface area contributed by atoms with Crippen molar-refractivity contribution in [3.8, 4) is 0 Å². The van der Waals surface area contributed by atoms with Gasteiger partial charge in [0.1, 0.15) is 0 Å². The Morgan fingerprint density at radius 1 is 1.15 bits per heavy atom. The maximum atomic E-state index is 13.4. The van der Waals surface area contributed by atoms with Crippen molar-refractivity contribution in [1.82, 2.24) is 0 Å². The van der Waals surface area contributed by atoms with Crippen molar-refractivity contribution in [2.45, 2.75) is 33.8 Å². The molecular formula is C19H19FN2O5. The molecule has 27 heavy (non-hydrogen) atoms. The third-order valence-electron chi connectivity index (χ3n) is 3.94. The number of anilines is 1. The predicted octanol–water partition coefficient (Wildman–Crippen LogP) is 3.84. The number of amides is 1. The highest BCUT2D eigenvalue weighted by Gasteiger charge is 2.23. The molecule has 0 spiro atoms. The van der Waals surface area contributed by atoms with E-state index in [1.807, 2.05) is 19.1 Å². The molecule has 0 heterocycles. The third kappa shape index (κ3) is 4.66. The molecule has 2 rings (SSSR count). The molecule has 7 nitrogen and oxygen atoms in total. The lowest BCUT2D eigenvalue weighted by molar-refractivity contribution is -0.387. The van der Waals surface area contributed by atoms with Gasteiger partial charge in [-0.15, -0.1) is 0 Å². The number of esters is 1. The van der Waals surface area contributed by atoms with E-state index in [4.69, 9.17) is 4.74 Å². The van der Waals surface area contributed by atoms with Crippen molar-refractivity contribution in [3.63, 3.8) is 0 Å². The largest absolute Gasteiger partial charge is 0.449 e. The van der Waals surface area contributed by atoms with Crippen LogP contribution in [0.2, 0.25) is 0 Å². The third-order valence-corrected chi connectivity index (χ3v) is 3.94. The number of benzene rings is 2. The van der Waals surface area contributed by atoms with E-state index in [9.17, 15) is 24.1 Å². The first-order valence-corrected chi connectivity index (χ1v) is 8.13. The van der Waals surface area contributed by atoms with E-state index in [1.54, 1.807) is 13.8 Å². The minimum atomic E-state index is -1.15. The number of halogens is 1. The quantitative estimate of drug-likeness (QED) is 0.487. The zero-order valence-corrected chi connectivity index (χ0v) is 15.3. The van der Waals surface area contributed by atoms with Crippen molar-refractivity contribution in [2.24, 2.45) is 0 Å². The summed E-state index contributed by atoms with van der Waals surface area (Å²) < 4.78 is 18.6.